The molecule has 4 heterocycles. The summed E-state index contributed by atoms with van der Waals surface area (Å²) < 4.78 is 50.6. The highest BCUT2D eigenvalue weighted by Gasteiger charge is 2.53. The average molecular weight is 509 g/mol. The van der Waals surface area contributed by atoms with Gasteiger partial charge < -0.3 is 24.6 Å². The minimum Gasteiger partial charge on any atom is -0.379 e. The molecule has 10 heteroatoms. The summed E-state index contributed by atoms with van der Waals surface area (Å²) >= 11 is 0. The van der Waals surface area contributed by atoms with Gasteiger partial charge in [-0.05, 0) is 37.3 Å². The van der Waals surface area contributed by atoms with Crippen molar-refractivity contribution in [1.82, 2.24) is 15.2 Å². The van der Waals surface area contributed by atoms with Crippen LogP contribution in [-0.2, 0) is 20.4 Å². The molecule has 5 rings (SSSR count). The first-order valence-electron chi connectivity index (χ1n) is 12.8. The van der Waals surface area contributed by atoms with Gasteiger partial charge in [-0.2, -0.15) is 13.2 Å². The van der Waals surface area contributed by atoms with Gasteiger partial charge in [0.1, 0.15) is 11.5 Å². The molecule has 1 amide bonds. The fraction of sp³-hybridized carbons (Fsp3) is 0.692. The topological polar surface area (TPSA) is 66.9 Å². The number of ether oxygens (including phenoxy) is 2. The van der Waals surface area contributed by atoms with Crippen LogP contribution in [0.15, 0.2) is 30.4 Å². The summed E-state index contributed by atoms with van der Waals surface area (Å²) in [5, 5.41) is 3.68. The zero-order chi connectivity index (χ0) is 25.7. The van der Waals surface area contributed by atoms with E-state index in [0.29, 0.717) is 38.5 Å². The Kier molecular flexibility index (Phi) is 6.80. The van der Waals surface area contributed by atoms with Gasteiger partial charge >= 0.3 is 6.18 Å². The van der Waals surface area contributed by atoms with Crippen LogP contribution in [0.4, 0.5) is 19.0 Å². The Balaban J connectivity index is 1.26. The third-order valence-electron chi connectivity index (χ3n) is 8.47. The maximum atomic E-state index is 14.0. The van der Waals surface area contributed by atoms with E-state index in [1.807, 2.05) is 9.80 Å². The first kappa shape index (κ1) is 25.5. The molecule has 7 nitrogen and oxygen atoms in total. The SMILES string of the molecule is CO[C@@H]1COCC[C@@H]1N[C@@H]1C=C[C@@](C(=O)N2C[C@H]3C[C@H]2CN3c2cccc(C(F)(F)F)n2)(C(C)C)C1. The predicted molar refractivity (Wildman–Crippen MR) is 128 cm³/mol. The number of rotatable bonds is 6. The van der Waals surface area contributed by atoms with Crippen molar-refractivity contribution in [3.63, 3.8) is 0 Å². The molecule has 0 aromatic carbocycles. The molecule has 3 fully saturated rings. The quantitative estimate of drug-likeness (QED) is 0.596. The van der Waals surface area contributed by atoms with E-state index in [4.69, 9.17) is 9.47 Å². The number of likely N-dealkylation sites (tertiary alicyclic amines) is 1. The van der Waals surface area contributed by atoms with Gasteiger partial charge in [-0.1, -0.05) is 32.1 Å². The summed E-state index contributed by atoms with van der Waals surface area (Å²) in [7, 11) is 1.70. The standard InChI is InChI=1S/C26H35F3N4O3/c1-16(2)25(9-7-17(12-25)30-20-8-10-36-15-21(20)35-3)24(34)33-14-18-11-19(33)13-32(18)23-6-4-5-22(31-23)26(27,28)29/h4-7,9,16-21,30H,8,10-15H2,1-3H3/t17-,18-,19+,20+,21-,25+/m1/s1. The molecule has 1 aromatic rings. The Hall–Kier alpha value is -2.17. The van der Waals surface area contributed by atoms with Crippen LogP contribution in [0.2, 0.25) is 0 Å². The van der Waals surface area contributed by atoms with Crippen molar-refractivity contribution < 1.29 is 27.4 Å². The van der Waals surface area contributed by atoms with Gasteiger partial charge in [0.15, 0.2) is 0 Å². The lowest BCUT2D eigenvalue weighted by Gasteiger charge is -2.41. The van der Waals surface area contributed by atoms with E-state index < -0.39 is 17.3 Å². The van der Waals surface area contributed by atoms with Gasteiger partial charge in [0.25, 0.3) is 0 Å². The van der Waals surface area contributed by atoms with E-state index in [1.165, 1.54) is 6.07 Å². The molecule has 4 aliphatic rings. The molecule has 6 atom stereocenters. The lowest BCUT2D eigenvalue weighted by Crippen LogP contribution is -2.55. The first-order valence-corrected chi connectivity index (χ1v) is 12.8. The summed E-state index contributed by atoms with van der Waals surface area (Å²) in [6.07, 6.45) is 2.01. The lowest BCUT2D eigenvalue weighted by atomic mass is 9.74. The summed E-state index contributed by atoms with van der Waals surface area (Å²) in [6, 6.07) is 4.21. The number of piperazine rings is 1. The number of amides is 1. The Morgan fingerprint density at radius 2 is 2.08 bits per heavy atom. The van der Waals surface area contributed by atoms with E-state index in [1.54, 1.807) is 13.2 Å². The second kappa shape index (κ2) is 9.61. The minimum atomic E-state index is -4.48. The molecule has 0 spiro atoms. The predicted octanol–water partition coefficient (Wildman–Crippen LogP) is 3.25. The number of anilines is 1. The monoisotopic (exact) mass is 508 g/mol. The van der Waals surface area contributed by atoms with Crippen molar-refractivity contribution in [2.45, 2.75) is 69.6 Å². The molecule has 1 aliphatic carbocycles. The summed E-state index contributed by atoms with van der Waals surface area (Å²) in [5.41, 5.74) is -1.49. The molecule has 3 aliphatic heterocycles. The third kappa shape index (κ3) is 4.52. The fourth-order valence-electron chi connectivity index (χ4n) is 6.35. The van der Waals surface area contributed by atoms with Gasteiger partial charge in [0.2, 0.25) is 5.91 Å². The van der Waals surface area contributed by atoms with Crippen molar-refractivity contribution in [1.29, 1.82) is 0 Å². The first-order chi connectivity index (χ1) is 17.1. The highest BCUT2D eigenvalue weighted by Crippen LogP contribution is 2.45. The van der Waals surface area contributed by atoms with E-state index in [-0.39, 0.29) is 42.1 Å². The molecule has 0 unspecified atom stereocenters. The van der Waals surface area contributed by atoms with Crippen LogP contribution in [0.25, 0.3) is 0 Å². The number of fused-ring (bicyclic) bond motifs is 2. The molecular weight excluding hydrogens is 473 g/mol. The zero-order valence-electron chi connectivity index (χ0n) is 21.0. The number of halogens is 3. The van der Waals surface area contributed by atoms with Crippen LogP contribution in [0, 0.1) is 11.3 Å². The van der Waals surface area contributed by atoms with Crippen LogP contribution in [0.1, 0.15) is 38.8 Å². The van der Waals surface area contributed by atoms with Gasteiger partial charge in [-0.3, -0.25) is 4.79 Å². The largest absolute Gasteiger partial charge is 0.433 e. The number of hydrogen-bond donors (Lipinski definition) is 1. The number of alkyl halides is 3. The van der Waals surface area contributed by atoms with E-state index in [9.17, 15) is 18.0 Å². The van der Waals surface area contributed by atoms with Crippen molar-refractivity contribution in [2.75, 3.05) is 38.3 Å². The van der Waals surface area contributed by atoms with E-state index in [2.05, 4.69) is 36.3 Å². The lowest BCUT2D eigenvalue weighted by molar-refractivity contribution is -0.143. The van der Waals surface area contributed by atoms with Crippen molar-refractivity contribution in [3.05, 3.63) is 36.0 Å². The average Bonchev–Trinajstić information content (AvgIpc) is 3.58. The number of hydrogen-bond acceptors (Lipinski definition) is 6. The number of carbonyl (C=O) groups excluding carboxylic acids is 1. The maximum Gasteiger partial charge on any atom is 0.433 e. The van der Waals surface area contributed by atoms with Crippen molar-refractivity contribution in [3.8, 4) is 0 Å². The van der Waals surface area contributed by atoms with Gasteiger partial charge in [-0.15, -0.1) is 0 Å². The zero-order valence-corrected chi connectivity index (χ0v) is 21.0. The van der Waals surface area contributed by atoms with Crippen molar-refractivity contribution >= 4 is 11.7 Å². The number of nitrogens with zero attached hydrogens (tertiary/aromatic N) is 3. The smallest absolute Gasteiger partial charge is 0.379 e. The molecule has 198 valence electrons. The highest BCUT2D eigenvalue weighted by molar-refractivity contribution is 5.87. The van der Waals surface area contributed by atoms with Crippen LogP contribution < -0.4 is 10.2 Å². The van der Waals surface area contributed by atoms with Crippen LogP contribution >= 0.6 is 0 Å². The molecule has 1 N–H and O–H groups in total. The molecule has 36 heavy (non-hydrogen) atoms. The molecule has 3 saturated heterocycles. The highest BCUT2D eigenvalue weighted by atomic mass is 19.4. The Morgan fingerprint density at radius 3 is 2.75 bits per heavy atom. The summed E-state index contributed by atoms with van der Waals surface area (Å²) in [5.74, 6) is 0.566. The second-order valence-corrected chi connectivity index (χ2v) is 10.8. The fourth-order valence-corrected chi connectivity index (χ4v) is 6.35. The van der Waals surface area contributed by atoms with Gasteiger partial charge in [-0.25, -0.2) is 4.98 Å². The number of nitrogens with one attached hydrogen (secondary N) is 1. The Labute approximate surface area is 210 Å². The van der Waals surface area contributed by atoms with Crippen LogP contribution in [0.5, 0.6) is 0 Å². The number of pyridine rings is 1. The minimum absolute atomic E-state index is 0.0124. The van der Waals surface area contributed by atoms with Crippen molar-refractivity contribution in [2.24, 2.45) is 11.3 Å². The number of methoxy groups -OCH3 is 1. The molecular formula is C26H35F3N4O3. The van der Waals surface area contributed by atoms with Gasteiger partial charge in [0, 0.05) is 38.9 Å². The third-order valence-corrected chi connectivity index (χ3v) is 8.47. The molecule has 1 aromatic heterocycles. The normalized spacial score (nSPS) is 34.2. The Bertz CT molecular complexity index is 1000. The van der Waals surface area contributed by atoms with E-state index >= 15 is 0 Å². The van der Waals surface area contributed by atoms with Crippen LogP contribution in [-0.4, -0.2) is 79.5 Å². The van der Waals surface area contributed by atoms with Crippen LogP contribution in [0.3, 0.4) is 0 Å². The van der Waals surface area contributed by atoms with E-state index in [0.717, 1.165) is 18.9 Å². The number of aromatic nitrogens is 1. The second-order valence-electron chi connectivity index (χ2n) is 10.8. The number of carbonyl (C=O) groups is 1. The molecule has 0 radical (unpaired) electrons. The molecule has 2 bridgehead atoms. The Morgan fingerprint density at radius 1 is 1.28 bits per heavy atom. The van der Waals surface area contributed by atoms with Gasteiger partial charge in [0.05, 0.1) is 30.2 Å². The summed E-state index contributed by atoms with van der Waals surface area (Å²) in [6.45, 7) is 6.44. The maximum absolute atomic E-state index is 14.0. The molecule has 0 saturated carbocycles. The summed E-state index contributed by atoms with van der Waals surface area (Å²) in [4.78, 5) is 21.8.